The van der Waals surface area contributed by atoms with E-state index in [0.717, 1.165) is 99.6 Å². The fraction of sp³-hybridized carbons (Fsp3) is 0.535. The van der Waals surface area contributed by atoms with Gasteiger partial charge in [-0.1, -0.05) is 31.0 Å². The fourth-order valence-electron chi connectivity index (χ4n) is 6.73. The number of anilines is 2. The number of carboxylic acids is 1. The van der Waals surface area contributed by atoms with Crippen molar-refractivity contribution in [3.63, 3.8) is 0 Å². The molecule has 0 spiro atoms. The van der Waals surface area contributed by atoms with E-state index >= 15 is 0 Å². The lowest BCUT2D eigenvalue weighted by Gasteiger charge is -2.40. The summed E-state index contributed by atoms with van der Waals surface area (Å²) in [6.45, 7) is 8.42. The standard InChI is InChI=1S/C43H61N7O6/c1-34(35-14-16-39(17-15-35)56-28-9-4-3-7-26-53-29-31-55-32-30-54-27-8-5-6-13-40(51)52)45-37-11-10-12-38(33-37)47-43(20-24-50(2)25-21-43)42-46-41(48-49-42)36-18-22-44-23-19-36/h10-12,14-19,22-23,33-34,45,47H,3-9,13,20-21,24-32H2,1-2H3,(H,51,52)(H,46,48,49)/t34-/m1/s1. The molecule has 3 heterocycles. The molecule has 0 bridgehead atoms. The minimum atomic E-state index is -0.739. The van der Waals surface area contributed by atoms with Crippen molar-refractivity contribution in [3.8, 4) is 17.1 Å². The van der Waals surface area contributed by atoms with E-state index in [9.17, 15) is 4.79 Å². The summed E-state index contributed by atoms with van der Waals surface area (Å²) in [5.74, 6) is 1.69. The molecule has 304 valence electrons. The highest BCUT2D eigenvalue weighted by molar-refractivity contribution is 5.66. The first-order valence-corrected chi connectivity index (χ1v) is 20.2. The number of likely N-dealkylation sites (tertiary alicyclic amines) is 1. The number of benzene rings is 2. The van der Waals surface area contributed by atoms with Gasteiger partial charge in [0, 0.05) is 68.1 Å². The van der Waals surface area contributed by atoms with E-state index in [0.29, 0.717) is 51.9 Å². The monoisotopic (exact) mass is 771 g/mol. The molecule has 1 saturated heterocycles. The largest absolute Gasteiger partial charge is 0.494 e. The normalized spacial score (nSPS) is 14.7. The van der Waals surface area contributed by atoms with Crippen molar-refractivity contribution in [1.82, 2.24) is 25.1 Å². The quantitative estimate of drug-likeness (QED) is 0.0439. The maximum Gasteiger partial charge on any atom is 0.303 e. The van der Waals surface area contributed by atoms with Crippen molar-refractivity contribution in [1.29, 1.82) is 0 Å². The Hall–Kier alpha value is -4.56. The molecule has 1 aliphatic rings. The third-order valence-corrected chi connectivity index (χ3v) is 10.1. The van der Waals surface area contributed by atoms with Gasteiger partial charge in [0.05, 0.1) is 38.6 Å². The predicted octanol–water partition coefficient (Wildman–Crippen LogP) is 7.71. The van der Waals surface area contributed by atoms with Crippen LogP contribution in [0.25, 0.3) is 11.4 Å². The van der Waals surface area contributed by atoms with Gasteiger partial charge in [-0.25, -0.2) is 4.98 Å². The van der Waals surface area contributed by atoms with Crippen LogP contribution < -0.4 is 15.4 Å². The third-order valence-electron chi connectivity index (χ3n) is 10.1. The molecule has 56 heavy (non-hydrogen) atoms. The molecule has 0 saturated carbocycles. The van der Waals surface area contributed by atoms with Crippen LogP contribution in [0.4, 0.5) is 11.4 Å². The van der Waals surface area contributed by atoms with Crippen LogP contribution in [-0.2, 0) is 24.5 Å². The molecule has 0 amide bonds. The second-order valence-electron chi connectivity index (χ2n) is 14.6. The van der Waals surface area contributed by atoms with Gasteiger partial charge < -0.3 is 39.6 Å². The Morgan fingerprint density at radius 3 is 2.12 bits per heavy atom. The predicted molar refractivity (Wildman–Crippen MR) is 219 cm³/mol. The Labute approximate surface area is 331 Å². The van der Waals surface area contributed by atoms with E-state index in [-0.39, 0.29) is 18.0 Å². The van der Waals surface area contributed by atoms with Crippen LogP contribution in [0.1, 0.15) is 88.6 Å². The second-order valence-corrected chi connectivity index (χ2v) is 14.6. The molecule has 1 fully saturated rings. The number of pyridine rings is 1. The van der Waals surface area contributed by atoms with E-state index in [1.807, 2.05) is 12.1 Å². The van der Waals surface area contributed by atoms with Gasteiger partial charge in [0.1, 0.15) is 5.75 Å². The number of hydrogen-bond acceptors (Lipinski definition) is 11. The number of aliphatic carboxylic acids is 1. The van der Waals surface area contributed by atoms with Crippen LogP contribution in [0.2, 0.25) is 0 Å². The summed E-state index contributed by atoms with van der Waals surface area (Å²) in [5.41, 5.74) is 3.85. The molecule has 13 heteroatoms. The number of unbranched alkanes of at least 4 members (excludes halogenated alkanes) is 5. The lowest BCUT2D eigenvalue weighted by molar-refractivity contribution is -0.137. The summed E-state index contributed by atoms with van der Waals surface area (Å²) in [5, 5.41) is 24.0. The Morgan fingerprint density at radius 1 is 0.821 bits per heavy atom. The molecule has 0 unspecified atom stereocenters. The zero-order chi connectivity index (χ0) is 39.3. The number of aromatic nitrogens is 4. The smallest absolute Gasteiger partial charge is 0.303 e. The first-order valence-electron chi connectivity index (χ1n) is 20.2. The van der Waals surface area contributed by atoms with Gasteiger partial charge in [0.15, 0.2) is 11.6 Å². The number of H-pyrrole nitrogens is 1. The van der Waals surface area contributed by atoms with Gasteiger partial charge in [-0.3, -0.25) is 14.9 Å². The molecule has 2 aromatic carbocycles. The summed E-state index contributed by atoms with van der Waals surface area (Å²) in [6.07, 6.45) is 12.3. The van der Waals surface area contributed by atoms with Gasteiger partial charge in [-0.15, -0.1) is 0 Å². The van der Waals surface area contributed by atoms with Crippen LogP contribution >= 0.6 is 0 Å². The van der Waals surface area contributed by atoms with Gasteiger partial charge in [-0.2, -0.15) is 5.10 Å². The number of carboxylic acid groups (broad SMARTS) is 1. The second kappa shape index (κ2) is 23.5. The first-order chi connectivity index (χ1) is 27.4. The van der Waals surface area contributed by atoms with Crippen LogP contribution in [-0.4, -0.2) is 103 Å². The van der Waals surface area contributed by atoms with Crippen molar-refractivity contribution in [2.75, 3.05) is 77.0 Å². The van der Waals surface area contributed by atoms with E-state index in [1.54, 1.807) is 12.4 Å². The average molecular weight is 772 g/mol. The summed E-state index contributed by atoms with van der Waals surface area (Å²) in [4.78, 5) is 21.9. The highest BCUT2D eigenvalue weighted by Gasteiger charge is 2.38. The SMILES string of the molecule is C[C@@H](Nc1cccc(NC2(c3nc(-c4ccncc4)n[nH]3)CCN(C)CC2)c1)c1ccc(OCCCCCCOCCOCCOCCCCCC(=O)O)cc1. The summed E-state index contributed by atoms with van der Waals surface area (Å²) in [6, 6.07) is 20.8. The van der Waals surface area contributed by atoms with Crippen molar-refractivity contribution >= 4 is 17.3 Å². The fourth-order valence-corrected chi connectivity index (χ4v) is 6.73. The van der Waals surface area contributed by atoms with Crippen molar-refractivity contribution < 1.29 is 28.8 Å². The molecule has 1 aliphatic heterocycles. The number of piperidine rings is 1. The maximum atomic E-state index is 10.5. The minimum Gasteiger partial charge on any atom is -0.494 e. The van der Waals surface area contributed by atoms with Gasteiger partial charge in [-0.05, 0) is 107 Å². The third kappa shape index (κ3) is 14.5. The Kier molecular flexibility index (Phi) is 17.9. The first kappa shape index (κ1) is 42.6. The molecule has 13 nitrogen and oxygen atoms in total. The molecular formula is C43H61N7O6. The van der Waals surface area contributed by atoms with Crippen LogP contribution in [0.3, 0.4) is 0 Å². The molecule has 0 radical (unpaired) electrons. The molecule has 5 rings (SSSR count). The van der Waals surface area contributed by atoms with Crippen molar-refractivity contribution in [3.05, 3.63) is 84.4 Å². The molecule has 4 N–H and O–H groups in total. The van der Waals surface area contributed by atoms with Gasteiger partial charge in [0.25, 0.3) is 0 Å². The molecule has 0 aliphatic carbocycles. The van der Waals surface area contributed by atoms with Crippen LogP contribution in [0, 0.1) is 0 Å². The van der Waals surface area contributed by atoms with E-state index in [4.69, 9.17) is 29.0 Å². The number of nitrogens with one attached hydrogen (secondary N) is 3. The van der Waals surface area contributed by atoms with E-state index < -0.39 is 5.97 Å². The van der Waals surface area contributed by atoms with E-state index in [2.05, 4.69) is 93.2 Å². The van der Waals surface area contributed by atoms with Crippen LogP contribution in [0.5, 0.6) is 5.75 Å². The minimum absolute atomic E-state index is 0.107. The molecule has 2 aromatic heterocycles. The number of aromatic amines is 1. The average Bonchev–Trinajstić information content (AvgIpc) is 3.72. The zero-order valence-electron chi connectivity index (χ0n) is 33.2. The number of hydrogen-bond donors (Lipinski definition) is 4. The summed E-state index contributed by atoms with van der Waals surface area (Å²) >= 11 is 0. The van der Waals surface area contributed by atoms with Crippen molar-refractivity contribution in [2.24, 2.45) is 0 Å². The Bertz CT molecular complexity index is 1680. The number of carbonyl (C=O) groups is 1. The topological polar surface area (TPSA) is 156 Å². The molecule has 1 atom stereocenters. The summed E-state index contributed by atoms with van der Waals surface area (Å²) < 4.78 is 22.8. The lowest BCUT2D eigenvalue weighted by atomic mass is 9.86. The van der Waals surface area contributed by atoms with Gasteiger partial charge in [0.2, 0.25) is 0 Å². The number of rotatable bonds is 27. The van der Waals surface area contributed by atoms with Crippen LogP contribution in [0.15, 0.2) is 73.1 Å². The molecular weight excluding hydrogens is 711 g/mol. The van der Waals surface area contributed by atoms with Gasteiger partial charge >= 0.3 is 5.97 Å². The lowest BCUT2D eigenvalue weighted by Crippen LogP contribution is -2.46. The Morgan fingerprint density at radius 2 is 1.45 bits per heavy atom. The van der Waals surface area contributed by atoms with E-state index in [1.165, 1.54) is 5.56 Å². The highest BCUT2D eigenvalue weighted by atomic mass is 16.5. The number of nitrogens with zero attached hydrogens (tertiary/aromatic N) is 4. The molecule has 4 aromatic rings. The summed E-state index contributed by atoms with van der Waals surface area (Å²) in [7, 11) is 2.16. The Balaban J connectivity index is 0.948. The number of ether oxygens (including phenoxy) is 4. The zero-order valence-corrected chi connectivity index (χ0v) is 33.2. The van der Waals surface area contributed by atoms with Crippen molar-refractivity contribution in [2.45, 2.75) is 82.7 Å². The highest BCUT2D eigenvalue weighted by Crippen LogP contribution is 2.36. The maximum absolute atomic E-state index is 10.5.